The molecule has 0 aromatic heterocycles. The van der Waals surface area contributed by atoms with E-state index in [0.717, 1.165) is 0 Å². The van der Waals surface area contributed by atoms with Gasteiger partial charge in [0.25, 0.3) is 0 Å². The highest BCUT2D eigenvalue weighted by Crippen LogP contribution is 2.10. The molecule has 0 rings (SSSR count). The fraction of sp³-hybridized carbons (Fsp3) is 0.700. The lowest BCUT2D eigenvalue weighted by atomic mass is 10.1. The molecule has 124 valence electrons. The third-order valence-corrected chi connectivity index (χ3v) is 3.98. The SMILES string of the molecule is C=CC(CCC(=O)O)N(CCS(=O)(=O)F)CCS(=O)(=O)F. The molecule has 1 N–H and O–H groups in total. The van der Waals surface area contributed by atoms with Crippen LogP contribution in [0.5, 0.6) is 0 Å². The van der Waals surface area contributed by atoms with Crippen LogP contribution in [0.2, 0.25) is 0 Å². The van der Waals surface area contributed by atoms with Crippen molar-refractivity contribution in [2.45, 2.75) is 18.9 Å². The number of halogens is 2. The smallest absolute Gasteiger partial charge is 0.303 e. The van der Waals surface area contributed by atoms with Crippen molar-refractivity contribution in [1.29, 1.82) is 0 Å². The molecule has 21 heavy (non-hydrogen) atoms. The van der Waals surface area contributed by atoms with Crippen molar-refractivity contribution in [3.8, 4) is 0 Å². The van der Waals surface area contributed by atoms with E-state index in [2.05, 4.69) is 6.58 Å². The predicted molar refractivity (Wildman–Crippen MR) is 72.2 cm³/mol. The molecule has 0 aromatic rings. The Labute approximate surface area is 122 Å². The fourth-order valence-corrected chi connectivity index (χ4v) is 2.52. The Morgan fingerprint density at radius 1 is 1.14 bits per heavy atom. The molecule has 0 spiro atoms. The molecule has 0 radical (unpaired) electrons. The fourth-order valence-electron chi connectivity index (χ4n) is 1.62. The molecule has 11 heteroatoms. The monoisotopic (exact) mass is 349 g/mol. The Morgan fingerprint density at radius 2 is 1.57 bits per heavy atom. The van der Waals surface area contributed by atoms with Crippen molar-refractivity contribution in [3.05, 3.63) is 12.7 Å². The van der Waals surface area contributed by atoms with Gasteiger partial charge in [0.2, 0.25) is 0 Å². The maximum absolute atomic E-state index is 12.5. The van der Waals surface area contributed by atoms with Gasteiger partial charge >= 0.3 is 26.4 Å². The number of carboxylic acids is 1. The number of rotatable bonds is 11. The van der Waals surface area contributed by atoms with Gasteiger partial charge < -0.3 is 5.11 Å². The maximum atomic E-state index is 12.5. The second kappa shape index (κ2) is 8.39. The maximum Gasteiger partial charge on any atom is 0.303 e. The zero-order valence-electron chi connectivity index (χ0n) is 11.1. The van der Waals surface area contributed by atoms with Crippen LogP contribution < -0.4 is 0 Å². The van der Waals surface area contributed by atoms with Crippen molar-refractivity contribution in [2.75, 3.05) is 24.6 Å². The molecule has 0 saturated carbocycles. The molecule has 0 saturated heterocycles. The van der Waals surface area contributed by atoms with Crippen LogP contribution >= 0.6 is 0 Å². The van der Waals surface area contributed by atoms with Crippen LogP contribution in [-0.2, 0) is 25.2 Å². The van der Waals surface area contributed by atoms with E-state index in [1.807, 2.05) is 0 Å². The van der Waals surface area contributed by atoms with Gasteiger partial charge in [0.15, 0.2) is 0 Å². The van der Waals surface area contributed by atoms with Crippen LogP contribution in [0.15, 0.2) is 12.7 Å². The number of nitrogens with zero attached hydrogens (tertiary/aromatic N) is 1. The third kappa shape index (κ3) is 11.3. The summed E-state index contributed by atoms with van der Waals surface area (Å²) in [6.45, 7) is 2.63. The molecule has 1 atom stereocenters. The van der Waals surface area contributed by atoms with Gasteiger partial charge in [-0.25, -0.2) is 0 Å². The van der Waals surface area contributed by atoms with Gasteiger partial charge in [0, 0.05) is 25.6 Å². The zero-order valence-corrected chi connectivity index (χ0v) is 12.7. The van der Waals surface area contributed by atoms with Gasteiger partial charge in [-0.3, -0.25) is 9.69 Å². The van der Waals surface area contributed by atoms with Crippen molar-refractivity contribution in [1.82, 2.24) is 4.90 Å². The molecule has 0 aromatic carbocycles. The van der Waals surface area contributed by atoms with Crippen LogP contribution in [0, 0.1) is 0 Å². The minimum Gasteiger partial charge on any atom is -0.481 e. The largest absolute Gasteiger partial charge is 0.481 e. The van der Waals surface area contributed by atoms with Crippen molar-refractivity contribution in [3.63, 3.8) is 0 Å². The molecule has 7 nitrogen and oxygen atoms in total. The Hall–Kier alpha value is -1.07. The van der Waals surface area contributed by atoms with Gasteiger partial charge in [0.05, 0.1) is 11.5 Å². The molecule has 0 aliphatic heterocycles. The number of aliphatic carboxylic acids is 1. The van der Waals surface area contributed by atoms with Crippen molar-refractivity contribution < 1.29 is 34.5 Å². The first-order valence-electron chi connectivity index (χ1n) is 5.87. The van der Waals surface area contributed by atoms with E-state index in [1.165, 1.54) is 11.0 Å². The summed E-state index contributed by atoms with van der Waals surface area (Å²) in [7, 11) is -9.56. The van der Waals surface area contributed by atoms with E-state index in [1.54, 1.807) is 0 Å². The minimum absolute atomic E-state index is 0.0114. The molecule has 0 bridgehead atoms. The van der Waals surface area contributed by atoms with Crippen LogP contribution in [0.1, 0.15) is 12.8 Å². The first-order chi connectivity index (χ1) is 9.44. The molecule has 0 aliphatic rings. The summed E-state index contributed by atoms with van der Waals surface area (Å²) in [4.78, 5) is 11.7. The second-order valence-electron chi connectivity index (χ2n) is 4.26. The second-order valence-corrected chi connectivity index (χ2v) is 7.23. The van der Waals surface area contributed by atoms with Gasteiger partial charge in [-0.2, -0.15) is 16.8 Å². The highest BCUT2D eigenvalue weighted by Gasteiger charge is 2.21. The van der Waals surface area contributed by atoms with Gasteiger partial charge in [-0.15, -0.1) is 14.4 Å². The average molecular weight is 349 g/mol. The van der Waals surface area contributed by atoms with E-state index in [9.17, 15) is 29.4 Å². The molecular formula is C10H17F2NO6S2. The Kier molecular flexibility index (Phi) is 7.96. The van der Waals surface area contributed by atoms with Crippen LogP contribution in [0.4, 0.5) is 7.77 Å². The van der Waals surface area contributed by atoms with E-state index in [4.69, 9.17) is 5.11 Å². The van der Waals surface area contributed by atoms with E-state index >= 15 is 0 Å². The first-order valence-corrected chi connectivity index (χ1v) is 8.98. The van der Waals surface area contributed by atoms with Gasteiger partial charge in [-0.1, -0.05) is 6.08 Å². The number of hydrogen-bond donors (Lipinski definition) is 1. The summed E-state index contributed by atoms with van der Waals surface area (Å²) >= 11 is 0. The van der Waals surface area contributed by atoms with Gasteiger partial charge in [-0.05, 0) is 6.42 Å². The summed E-state index contributed by atoms with van der Waals surface area (Å²) in [6, 6.07) is -0.704. The van der Waals surface area contributed by atoms with E-state index in [0.29, 0.717) is 0 Å². The van der Waals surface area contributed by atoms with Crippen LogP contribution in [0.3, 0.4) is 0 Å². The molecule has 0 fully saturated rings. The number of hydrogen-bond acceptors (Lipinski definition) is 6. The Morgan fingerprint density at radius 3 is 1.86 bits per heavy atom. The van der Waals surface area contributed by atoms with E-state index in [-0.39, 0.29) is 12.8 Å². The normalized spacial score (nSPS) is 14.0. The summed E-state index contributed by atoms with van der Waals surface area (Å²) in [6.07, 6.45) is 1.01. The minimum atomic E-state index is -4.78. The number of carbonyl (C=O) groups is 1. The quantitative estimate of drug-likeness (QED) is 0.422. The molecule has 0 heterocycles. The topological polar surface area (TPSA) is 109 Å². The highest BCUT2D eigenvalue weighted by atomic mass is 32.3. The standard InChI is InChI=1S/C10H17F2NO6S2/c1-2-9(3-4-10(14)15)13(5-7-20(11,16)17)6-8-21(12,18)19/h2,9H,1,3-8H2,(H,14,15). The average Bonchev–Trinajstić information content (AvgIpc) is 2.29. The zero-order chi connectivity index (χ0) is 16.7. The first kappa shape index (κ1) is 19.9. The van der Waals surface area contributed by atoms with Crippen LogP contribution in [0.25, 0.3) is 0 Å². The molecule has 1 unspecified atom stereocenters. The molecule has 0 aliphatic carbocycles. The highest BCUT2D eigenvalue weighted by molar-refractivity contribution is 7.86. The lowest BCUT2D eigenvalue weighted by Gasteiger charge is -2.28. The Bertz CT molecular complexity index is 524. The Balaban J connectivity index is 4.88. The lowest BCUT2D eigenvalue weighted by molar-refractivity contribution is -0.137. The number of carboxylic acid groups (broad SMARTS) is 1. The molecular weight excluding hydrogens is 332 g/mol. The van der Waals surface area contributed by atoms with Crippen molar-refractivity contribution in [2.24, 2.45) is 0 Å². The lowest BCUT2D eigenvalue weighted by Crippen LogP contribution is -2.40. The van der Waals surface area contributed by atoms with Crippen LogP contribution in [-0.4, -0.2) is 63.4 Å². The molecule has 0 amide bonds. The summed E-state index contributed by atoms with van der Waals surface area (Å²) in [5, 5.41) is 8.59. The third-order valence-electron chi connectivity index (χ3n) is 2.64. The predicted octanol–water partition coefficient (Wildman–Crippen LogP) is 0.306. The summed E-state index contributed by atoms with van der Waals surface area (Å²) < 4.78 is 67.1. The van der Waals surface area contributed by atoms with Gasteiger partial charge in [0.1, 0.15) is 0 Å². The summed E-state index contributed by atoms with van der Waals surface area (Å²) in [5.74, 6) is -2.92. The van der Waals surface area contributed by atoms with Crippen molar-refractivity contribution >= 4 is 26.4 Å². The van der Waals surface area contributed by atoms with E-state index < -0.39 is 57.1 Å². The summed E-state index contributed by atoms with van der Waals surface area (Å²) in [5.41, 5.74) is 0.